The third kappa shape index (κ3) is 9.83. The molecule has 3 rings (SSSR count). The first-order chi connectivity index (χ1) is 17.2. The summed E-state index contributed by atoms with van der Waals surface area (Å²) in [7, 11) is 0. The van der Waals surface area contributed by atoms with Crippen LogP contribution < -0.4 is 0 Å². The topological polar surface area (TPSA) is 50.2 Å². The van der Waals surface area contributed by atoms with Gasteiger partial charge in [-0.3, -0.25) is 4.79 Å². The van der Waals surface area contributed by atoms with E-state index in [1.807, 2.05) is 40.0 Å². The van der Waals surface area contributed by atoms with Gasteiger partial charge in [-0.2, -0.15) is 0 Å². The molecule has 1 radical (unpaired) electrons. The molecule has 0 saturated heterocycles. The minimum Gasteiger partial charge on any atom is -0.512 e. The van der Waals surface area contributed by atoms with E-state index in [0.717, 1.165) is 43.4 Å². The van der Waals surface area contributed by atoms with E-state index in [1.165, 1.54) is 28.0 Å². The minimum atomic E-state index is 0. The van der Waals surface area contributed by atoms with Gasteiger partial charge in [-0.15, -0.1) is 35.4 Å². The van der Waals surface area contributed by atoms with Gasteiger partial charge in [0, 0.05) is 44.2 Å². The molecule has 1 N–H and O–H groups in total. The molecular weight excluding hydrogens is 635 g/mol. The quantitative estimate of drug-likeness (QED) is 0.132. The second kappa shape index (κ2) is 16.5. The van der Waals surface area contributed by atoms with Crippen molar-refractivity contribution < 1.29 is 30.0 Å². The van der Waals surface area contributed by atoms with Crippen molar-refractivity contribution >= 4 is 16.6 Å². The number of aliphatic hydroxyl groups excluding tert-OH is 1. The van der Waals surface area contributed by atoms with Crippen LogP contribution in [-0.4, -0.2) is 15.9 Å². The summed E-state index contributed by atoms with van der Waals surface area (Å²) < 4.78 is 0. The summed E-state index contributed by atoms with van der Waals surface area (Å²) in [6.07, 6.45) is 7.89. The predicted molar refractivity (Wildman–Crippen MR) is 153 cm³/mol. The standard InChI is InChI=1S/C20H20N.C13H24O2.Ir/c1-14(2)11-16-7-8-17-9-10-21-20(19(17)13-16)18-6-4-5-15(3)12-18;1-5-10(6-2)12(14)9-13(15)11(7-3)8-4;/h4-5,7-10,12-14H,11H2,1-3H3;9-11,14H,5-8H2,1-4H3;/q-1;;/b;12-9-;. The van der Waals surface area contributed by atoms with E-state index in [2.05, 4.69) is 68.2 Å². The van der Waals surface area contributed by atoms with Crippen LogP contribution in [0.15, 0.2) is 60.5 Å². The Morgan fingerprint density at radius 2 is 1.62 bits per heavy atom. The van der Waals surface area contributed by atoms with Crippen molar-refractivity contribution in [3.05, 3.63) is 77.7 Å². The molecule has 3 nitrogen and oxygen atoms in total. The van der Waals surface area contributed by atoms with Crippen molar-refractivity contribution in [2.45, 2.75) is 80.6 Å². The Labute approximate surface area is 238 Å². The Bertz CT molecular complexity index is 1140. The summed E-state index contributed by atoms with van der Waals surface area (Å²) in [5.74, 6) is 1.21. The number of benzene rings is 2. The van der Waals surface area contributed by atoms with E-state index in [1.54, 1.807) is 0 Å². The number of fused-ring (bicyclic) bond motifs is 1. The van der Waals surface area contributed by atoms with Crippen LogP contribution in [0.3, 0.4) is 0 Å². The van der Waals surface area contributed by atoms with E-state index in [0.29, 0.717) is 5.92 Å². The number of carbonyl (C=O) groups is 1. The van der Waals surface area contributed by atoms with E-state index in [-0.39, 0.29) is 43.5 Å². The first kappa shape index (κ1) is 32.7. The molecule has 4 heteroatoms. The molecule has 0 saturated carbocycles. The average molecular weight is 679 g/mol. The summed E-state index contributed by atoms with van der Waals surface area (Å²) in [5.41, 5.74) is 4.71. The van der Waals surface area contributed by atoms with E-state index in [9.17, 15) is 9.90 Å². The first-order valence-corrected chi connectivity index (χ1v) is 13.5. The Kier molecular flexibility index (Phi) is 14.6. The van der Waals surface area contributed by atoms with Gasteiger partial charge in [-0.1, -0.05) is 66.7 Å². The number of allylic oxidation sites excluding steroid dienone is 2. The molecule has 0 aliphatic carbocycles. The molecule has 0 aliphatic rings. The van der Waals surface area contributed by atoms with Crippen LogP contribution >= 0.6 is 0 Å². The molecule has 37 heavy (non-hydrogen) atoms. The number of nitrogens with zero attached hydrogens (tertiary/aromatic N) is 1. The molecule has 2 aromatic carbocycles. The molecule has 0 spiro atoms. The summed E-state index contributed by atoms with van der Waals surface area (Å²) in [4.78, 5) is 16.3. The van der Waals surface area contributed by atoms with Crippen LogP contribution in [0.4, 0.5) is 0 Å². The number of aromatic nitrogens is 1. The van der Waals surface area contributed by atoms with Gasteiger partial charge < -0.3 is 10.1 Å². The summed E-state index contributed by atoms with van der Waals surface area (Å²) in [6, 6.07) is 18.3. The average Bonchev–Trinajstić information content (AvgIpc) is 2.85. The third-order valence-electron chi connectivity index (χ3n) is 6.77. The van der Waals surface area contributed by atoms with Gasteiger partial charge in [0.1, 0.15) is 0 Å². The second-order valence-electron chi connectivity index (χ2n) is 10.1. The largest absolute Gasteiger partial charge is 0.512 e. The molecular formula is C33H44IrNO2-. The number of pyridine rings is 1. The summed E-state index contributed by atoms with van der Waals surface area (Å²) in [5, 5.41) is 12.2. The zero-order chi connectivity index (χ0) is 26.7. The Morgan fingerprint density at radius 3 is 2.19 bits per heavy atom. The monoisotopic (exact) mass is 679 g/mol. The SMILES string of the molecule is CCC(CC)C(=O)/C=C(\O)C(CC)CC.Cc1cc[c-]c(-c2nccc3ccc(CC(C)C)cc23)c1.[Ir]. The molecule has 0 bridgehead atoms. The summed E-state index contributed by atoms with van der Waals surface area (Å²) in [6.45, 7) is 14.7. The van der Waals surface area contributed by atoms with Crippen LogP contribution in [0.5, 0.6) is 0 Å². The maximum absolute atomic E-state index is 11.7. The Morgan fingerprint density at radius 1 is 0.973 bits per heavy atom. The maximum Gasteiger partial charge on any atom is 0.162 e. The predicted octanol–water partition coefficient (Wildman–Crippen LogP) is 9.08. The van der Waals surface area contributed by atoms with Crippen LogP contribution in [0, 0.1) is 30.7 Å². The number of carbonyl (C=O) groups excluding carboxylic acids is 1. The Balaban J connectivity index is 0.000000384. The summed E-state index contributed by atoms with van der Waals surface area (Å²) >= 11 is 0. The minimum absolute atomic E-state index is 0. The maximum atomic E-state index is 11.7. The van der Waals surface area contributed by atoms with Crippen LogP contribution in [0.1, 0.15) is 78.4 Å². The number of rotatable bonds is 10. The van der Waals surface area contributed by atoms with Crippen LogP contribution in [0.2, 0.25) is 0 Å². The fraction of sp³-hybridized carbons (Fsp3) is 0.455. The number of ketones is 1. The van der Waals surface area contributed by atoms with Gasteiger partial charge in [0.15, 0.2) is 5.78 Å². The smallest absolute Gasteiger partial charge is 0.162 e. The Hall–Kier alpha value is -2.29. The van der Waals surface area contributed by atoms with Gasteiger partial charge in [0.25, 0.3) is 0 Å². The number of aliphatic hydroxyl groups is 1. The van der Waals surface area contributed by atoms with Crippen molar-refractivity contribution in [2.24, 2.45) is 17.8 Å². The number of hydrogen-bond acceptors (Lipinski definition) is 3. The fourth-order valence-electron chi connectivity index (χ4n) is 4.53. The molecule has 1 aromatic heterocycles. The van der Waals surface area contributed by atoms with Crippen molar-refractivity contribution in [1.82, 2.24) is 4.98 Å². The molecule has 0 aliphatic heterocycles. The van der Waals surface area contributed by atoms with Gasteiger partial charge in [-0.25, -0.2) is 0 Å². The third-order valence-corrected chi connectivity index (χ3v) is 6.77. The fourth-order valence-corrected chi connectivity index (χ4v) is 4.53. The number of aryl methyl sites for hydroxylation is 1. The molecule has 0 unspecified atom stereocenters. The van der Waals surface area contributed by atoms with Gasteiger partial charge >= 0.3 is 0 Å². The van der Waals surface area contributed by atoms with Crippen molar-refractivity contribution in [3.63, 3.8) is 0 Å². The van der Waals surface area contributed by atoms with Crippen LogP contribution in [0.25, 0.3) is 22.0 Å². The van der Waals surface area contributed by atoms with Gasteiger partial charge in [0.05, 0.1) is 5.76 Å². The van der Waals surface area contributed by atoms with E-state index >= 15 is 0 Å². The zero-order valence-corrected chi connectivity index (χ0v) is 26.0. The second-order valence-corrected chi connectivity index (χ2v) is 10.1. The number of hydrogen-bond donors (Lipinski definition) is 1. The molecule has 0 atom stereocenters. The van der Waals surface area contributed by atoms with Crippen LogP contribution in [-0.2, 0) is 31.3 Å². The molecule has 1 heterocycles. The molecule has 203 valence electrons. The van der Waals surface area contributed by atoms with Crippen molar-refractivity contribution in [3.8, 4) is 11.3 Å². The molecule has 0 fully saturated rings. The zero-order valence-electron chi connectivity index (χ0n) is 23.6. The molecule has 0 amide bonds. The molecule has 3 aromatic rings. The normalized spacial score (nSPS) is 11.5. The van der Waals surface area contributed by atoms with E-state index < -0.39 is 0 Å². The first-order valence-electron chi connectivity index (χ1n) is 13.5. The van der Waals surface area contributed by atoms with Gasteiger partial charge in [-0.05, 0) is 66.1 Å². The van der Waals surface area contributed by atoms with Gasteiger partial charge in [0.2, 0.25) is 0 Å². The van der Waals surface area contributed by atoms with Crippen molar-refractivity contribution in [1.29, 1.82) is 0 Å². The van der Waals surface area contributed by atoms with Crippen molar-refractivity contribution in [2.75, 3.05) is 0 Å². The van der Waals surface area contributed by atoms with E-state index in [4.69, 9.17) is 0 Å².